The normalized spacial score (nSPS) is 19.5. The van der Waals surface area contributed by atoms with Crippen LogP contribution in [0.5, 0.6) is 0 Å². The molecule has 1 unspecified atom stereocenters. The number of hydrogen-bond donors (Lipinski definition) is 0. The Bertz CT molecular complexity index is 1110. The van der Waals surface area contributed by atoms with Gasteiger partial charge in [0.05, 0.1) is 0 Å². The number of nitrogens with zero attached hydrogens (tertiary/aromatic N) is 4. The summed E-state index contributed by atoms with van der Waals surface area (Å²) in [6.45, 7) is 3.39. The SMILES string of the molecule is O=C(c1nccs1)N1CCN(C2CC(=O)N(c3ccc(-c4ccccc4F)cc3)C2)CC1. The molecular formula is C24H23FN4O2S. The minimum atomic E-state index is -0.259. The number of carbonyl (C=O) groups is 2. The van der Waals surface area contributed by atoms with Crippen LogP contribution in [0.1, 0.15) is 16.2 Å². The van der Waals surface area contributed by atoms with Crippen molar-refractivity contribution in [2.45, 2.75) is 12.5 Å². The van der Waals surface area contributed by atoms with Crippen LogP contribution in [-0.2, 0) is 4.79 Å². The van der Waals surface area contributed by atoms with Crippen LogP contribution in [0.3, 0.4) is 0 Å². The molecular weight excluding hydrogens is 427 g/mol. The van der Waals surface area contributed by atoms with Crippen molar-refractivity contribution in [1.82, 2.24) is 14.8 Å². The first kappa shape index (κ1) is 20.8. The second-order valence-electron chi connectivity index (χ2n) is 8.05. The van der Waals surface area contributed by atoms with Crippen LogP contribution >= 0.6 is 11.3 Å². The molecule has 3 aromatic rings. The van der Waals surface area contributed by atoms with Crippen LogP contribution in [0, 0.1) is 5.82 Å². The third-order valence-electron chi connectivity index (χ3n) is 6.20. The topological polar surface area (TPSA) is 56.8 Å². The number of benzene rings is 2. The van der Waals surface area contributed by atoms with E-state index in [1.54, 1.807) is 18.3 Å². The fraction of sp³-hybridized carbons (Fsp3) is 0.292. The highest BCUT2D eigenvalue weighted by atomic mass is 32.1. The van der Waals surface area contributed by atoms with Crippen LogP contribution in [0.2, 0.25) is 0 Å². The molecule has 1 aromatic heterocycles. The van der Waals surface area contributed by atoms with E-state index >= 15 is 0 Å². The zero-order chi connectivity index (χ0) is 22.1. The molecule has 1 atom stereocenters. The Morgan fingerprint density at radius 1 is 1.03 bits per heavy atom. The van der Waals surface area contributed by atoms with Gasteiger partial charge in [0.15, 0.2) is 5.01 Å². The maximum Gasteiger partial charge on any atom is 0.282 e. The second-order valence-corrected chi connectivity index (χ2v) is 8.95. The molecule has 2 amide bonds. The Morgan fingerprint density at radius 2 is 1.78 bits per heavy atom. The zero-order valence-electron chi connectivity index (χ0n) is 17.5. The summed E-state index contributed by atoms with van der Waals surface area (Å²) in [7, 11) is 0. The number of hydrogen-bond acceptors (Lipinski definition) is 5. The molecule has 3 heterocycles. The van der Waals surface area contributed by atoms with Crippen molar-refractivity contribution in [3.8, 4) is 11.1 Å². The lowest BCUT2D eigenvalue weighted by Crippen LogP contribution is -2.52. The van der Waals surface area contributed by atoms with Crippen molar-refractivity contribution >= 4 is 28.8 Å². The molecule has 5 rings (SSSR count). The monoisotopic (exact) mass is 450 g/mol. The summed E-state index contributed by atoms with van der Waals surface area (Å²) < 4.78 is 14.1. The van der Waals surface area contributed by atoms with Gasteiger partial charge >= 0.3 is 0 Å². The van der Waals surface area contributed by atoms with Crippen LogP contribution in [-0.4, -0.2) is 65.4 Å². The zero-order valence-corrected chi connectivity index (χ0v) is 18.3. The van der Waals surface area contributed by atoms with E-state index in [-0.39, 0.29) is 23.7 Å². The highest BCUT2D eigenvalue weighted by Gasteiger charge is 2.36. The van der Waals surface area contributed by atoms with Crippen molar-refractivity contribution < 1.29 is 14.0 Å². The van der Waals surface area contributed by atoms with E-state index in [1.165, 1.54) is 17.4 Å². The maximum absolute atomic E-state index is 14.1. The lowest BCUT2D eigenvalue weighted by atomic mass is 10.0. The van der Waals surface area contributed by atoms with Crippen molar-refractivity contribution in [2.75, 3.05) is 37.6 Å². The molecule has 0 radical (unpaired) electrons. The van der Waals surface area contributed by atoms with E-state index in [0.29, 0.717) is 36.6 Å². The highest BCUT2D eigenvalue weighted by Crippen LogP contribution is 2.29. The van der Waals surface area contributed by atoms with Gasteiger partial charge in [0.25, 0.3) is 5.91 Å². The van der Waals surface area contributed by atoms with Crippen molar-refractivity contribution in [3.63, 3.8) is 0 Å². The van der Waals surface area contributed by atoms with Gasteiger partial charge in [-0.25, -0.2) is 9.37 Å². The minimum absolute atomic E-state index is 0.0151. The van der Waals surface area contributed by atoms with Crippen LogP contribution < -0.4 is 4.90 Å². The van der Waals surface area contributed by atoms with Crippen LogP contribution in [0.15, 0.2) is 60.1 Å². The van der Waals surface area contributed by atoms with E-state index in [9.17, 15) is 14.0 Å². The first-order valence-electron chi connectivity index (χ1n) is 10.7. The predicted molar refractivity (Wildman–Crippen MR) is 122 cm³/mol. The van der Waals surface area contributed by atoms with E-state index in [0.717, 1.165) is 24.3 Å². The number of anilines is 1. The average Bonchev–Trinajstić information content (AvgIpc) is 3.50. The number of carbonyl (C=O) groups excluding carboxylic acids is 2. The first-order chi connectivity index (χ1) is 15.6. The average molecular weight is 451 g/mol. The summed E-state index contributed by atoms with van der Waals surface area (Å²) in [4.78, 5) is 35.3. The Kier molecular flexibility index (Phi) is 5.71. The molecule has 2 fully saturated rings. The minimum Gasteiger partial charge on any atom is -0.334 e. The molecule has 0 saturated carbocycles. The largest absolute Gasteiger partial charge is 0.334 e. The molecule has 0 N–H and O–H groups in total. The summed E-state index contributed by atoms with van der Waals surface area (Å²) in [5.41, 5.74) is 2.17. The number of aromatic nitrogens is 1. The van der Waals surface area contributed by atoms with Gasteiger partial charge in [0.2, 0.25) is 5.91 Å². The van der Waals surface area contributed by atoms with E-state index in [2.05, 4.69) is 9.88 Å². The smallest absolute Gasteiger partial charge is 0.282 e. The number of thiazole rings is 1. The van der Waals surface area contributed by atoms with Crippen molar-refractivity contribution in [2.24, 2.45) is 0 Å². The van der Waals surface area contributed by atoms with Gasteiger partial charge in [-0.15, -0.1) is 11.3 Å². The Hall–Kier alpha value is -3.10. The van der Waals surface area contributed by atoms with Crippen molar-refractivity contribution in [3.05, 3.63) is 70.9 Å². The molecule has 32 heavy (non-hydrogen) atoms. The van der Waals surface area contributed by atoms with Gasteiger partial charge in [-0.05, 0) is 23.8 Å². The van der Waals surface area contributed by atoms with Crippen molar-refractivity contribution in [1.29, 1.82) is 0 Å². The molecule has 0 bridgehead atoms. The molecule has 164 valence electrons. The van der Waals surface area contributed by atoms with E-state index < -0.39 is 0 Å². The standard InChI is InChI=1S/C24H23FN4O2S/c25-21-4-2-1-3-20(21)17-5-7-18(8-6-17)29-16-19(15-22(29)30)27-10-12-28(13-11-27)24(31)23-26-9-14-32-23/h1-9,14,19H,10-13,15-16H2. The molecule has 8 heteroatoms. The van der Waals surface area contributed by atoms with Gasteiger partial charge in [-0.2, -0.15) is 0 Å². The lowest BCUT2D eigenvalue weighted by Gasteiger charge is -2.37. The Balaban J connectivity index is 1.21. The molecule has 2 aliphatic rings. The Morgan fingerprint density at radius 3 is 2.47 bits per heavy atom. The number of piperazine rings is 1. The summed E-state index contributed by atoms with van der Waals surface area (Å²) in [5.74, 6) is -0.182. The van der Waals surface area contributed by atoms with Crippen LogP contribution in [0.25, 0.3) is 11.1 Å². The summed E-state index contributed by atoms with van der Waals surface area (Å²) in [6.07, 6.45) is 2.12. The predicted octanol–water partition coefficient (Wildman–Crippen LogP) is 3.51. The molecule has 6 nitrogen and oxygen atoms in total. The molecule has 0 aliphatic carbocycles. The van der Waals surface area contributed by atoms with Gasteiger partial charge in [-0.1, -0.05) is 30.3 Å². The van der Waals surface area contributed by atoms with E-state index in [1.807, 2.05) is 45.5 Å². The van der Waals surface area contributed by atoms with Gasteiger partial charge < -0.3 is 9.80 Å². The fourth-order valence-electron chi connectivity index (χ4n) is 4.45. The van der Waals surface area contributed by atoms with E-state index in [4.69, 9.17) is 0 Å². The first-order valence-corrected chi connectivity index (χ1v) is 11.6. The molecule has 2 saturated heterocycles. The number of rotatable bonds is 4. The third-order valence-corrected chi connectivity index (χ3v) is 6.96. The quantitative estimate of drug-likeness (QED) is 0.611. The summed E-state index contributed by atoms with van der Waals surface area (Å²) >= 11 is 1.36. The molecule has 2 aliphatic heterocycles. The van der Waals surface area contributed by atoms with Crippen LogP contribution in [0.4, 0.5) is 10.1 Å². The summed E-state index contributed by atoms with van der Waals surface area (Å²) in [5, 5.41) is 2.34. The van der Waals surface area contributed by atoms with Gasteiger partial charge in [-0.3, -0.25) is 14.5 Å². The highest BCUT2D eigenvalue weighted by molar-refractivity contribution is 7.11. The number of amides is 2. The van der Waals surface area contributed by atoms with Gasteiger partial charge in [0, 0.05) is 68.0 Å². The number of halogens is 1. The fourth-order valence-corrected chi connectivity index (χ4v) is 5.06. The lowest BCUT2D eigenvalue weighted by molar-refractivity contribution is -0.117. The second kappa shape index (κ2) is 8.80. The summed E-state index contributed by atoms with van der Waals surface area (Å²) in [6, 6.07) is 14.3. The molecule has 2 aromatic carbocycles. The maximum atomic E-state index is 14.1. The third kappa shape index (κ3) is 4.03. The molecule has 0 spiro atoms. The Labute approximate surface area is 189 Å². The van der Waals surface area contributed by atoms with Gasteiger partial charge in [0.1, 0.15) is 5.82 Å².